The number of rotatable bonds is 8. The largest absolute Gasteiger partial charge is 0.465 e. The standard InChI is InChI=1S/C26H33N7O5/c1-5-37-20(34)14-32-12-18(30-25(36)38-26(2,3)4)11-19(32)13-33-16-29-21-22(27-15-28-23(21)33)31-24(35)17-9-7-6-8-10-17/h6-10,15-16,18-19H,5,11-14H2,1-4H3,(H,30,36)(H,27,28,31,35)/t18-,19+/m0/s1. The van der Waals surface area contributed by atoms with E-state index in [0.717, 1.165) is 0 Å². The first-order valence-corrected chi connectivity index (χ1v) is 12.5. The van der Waals surface area contributed by atoms with E-state index >= 15 is 0 Å². The Morgan fingerprint density at radius 3 is 2.58 bits per heavy atom. The zero-order valence-electron chi connectivity index (χ0n) is 22.0. The molecule has 2 amide bonds. The highest BCUT2D eigenvalue weighted by Gasteiger charge is 2.35. The van der Waals surface area contributed by atoms with Crippen LogP contribution in [0.25, 0.3) is 11.2 Å². The Morgan fingerprint density at radius 1 is 1.11 bits per heavy atom. The Bertz CT molecular complexity index is 1290. The second-order valence-corrected chi connectivity index (χ2v) is 10.1. The van der Waals surface area contributed by atoms with Crippen LogP contribution in [-0.4, -0.2) is 79.8 Å². The topological polar surface area (TPSA) is 141 Å². The molecule has 0 bridgehead atoms. The third-order valence-corrected chi connectivity index (χ3v) is 5.96. The summed E-state index contributed by atoms with van der Waals surface area (Å²) < 4.78 is 12.4. The number of nitrogens with zero attached hydrogens (tertiary/aromatic N) is 5. The molecule has 3 aromatic rings. The predicted molar refractivity (Wildman–Crippen MR) is 139 cm³/mol. The van der Waals surface area contributed by atoms with Crippen LogP contribution in [0.3, 0.4) is 0 Å². The van der Waals surface area contributed by atoms with Gasteiger partial charge in [0.1, 0.15) is 11.9 Å². The van der Waals surface area contributed by atoms with Gasteiger partial charge >= 0.3 is 12.1 Å². The van der Waals surface area contributed by atoms with Crippen molar-refractivity contribution in [1.29, 1.82) is 0 Å². The van der Waals surface area contributed by atoms with Gasteiger partial charge in [0, 0.05) is 30.7 Å². The highest BCUT2D eigenvalue weighted by Crippen LogP contribution is 2.24. The van der Waals surface area contributed by atoms with Gasteiger partial charge in [0.25, 0.3) is 5.91 Å². The number of esters is 1. The SMILES string of the molecule is CCOC(=O)CN1C[C@@H](NC(=O)OC(C)(C)C)C[C@@H]1Cn1cnc2c(NC(=O)c3ccccc3)ncnc21. The summed E-state index contributed by atoms with van der Waals surface area (Å²) in [6.45, 7) is 8.47. The molecular weight excluding hydrogens is 490 g/mol. The van der Waals surface area contributed by atoms with Crippen molar-refractivity contribution < 1.29 is 23.9 Å². The Balaban J connectivity index is 1.51. The molecule has 1 saturated heterocycles. The van der Waals surface area contributed by atoms with Crippen molar-refractivity contribution in [3.63, 3.8) is 0 Å². The fraction of sp³-hybridized carbons (Fsp3) is 0.462. The first-order chi connectivity index (χ1) is 18.1. The van der Waals surface area contributed by atoms with Gasteiger partial charge in [0.05, 0.1) is 19.5 Å². The minimum Gasteiger partial charge on any atom is -0.465 e. The van der Waals surface area contributed by atoms with Gasteiger partial charge < -0.3 is 24.7 Å². The van der Waals surface area contributed by atoms with E-state index in [-0.39, 0.29) is 37.1 Å². The summed E-state index contributed by atoms with van der Waals surface area (Å²) in [7, 11) is 0. The fourth-order valence-electron chi connectivity index (χ4n) is 4.42. The Morgan fingerprint density at radius 2 is 1.87 bits per heavy atom. The number of aromatic nitrogens is 4. The van der Waals surface area contributed by atoms with Crippen LogP contribution in [0.5, 0.6) is 0 Å². The molecule has 2 atom stereocenters. The highest BCUT2D eigenvalue weighted by atomic mass is 16.6. The van der Waals surface area contributed by atoms with Crippen molar-refractivity contribution in [2.45, 2.75) is 58.3 Å². The van der Waals surface area contributed by atoms with Gasteiger partial charge in [-0.3, -0.25) is 14.5 Å². The Labute approximate surface area is 220 Å². The van der Waals surface area contributed by atoms with E-state index in [1.54, 1.807) is 58.3 Å². The molecule has 1 fully saturated rings. The van der Waals surface area contributed by atoms with E-state index in [4.69, 9.17) is 9.47 Å². The molecule has 12 heteroatoms. The number of hydrogen-bond acceptors (Lipinski definition) is 9. The molecule has 12 nitrogen and oxygen atoms in total. The molecule has 0 radical (unpaired) electrons. The number of ether oxygens (including phenoxy) is 2. The number of likely N-dealkylation sites (tertiary alicyclic amines) is 1. The van der Waals surface area contributed by atoms with Gasteiger partial charge in [-0.25, -0.2) is 19.7 Å². The zero-order valence-corrected chi connectivity index (χ0v) is 22.0. The van der Waals surface area contributed by atoms with Crippen molar-refractivity contribution >= 4 is 35.0 Å². The lowest BCUT2D eigenvalue weighted by molar-refractivity contribution is -0.144. The van der Waals surface area contributed by atoms with E-state index < -0.39 is 11.7 Å². The predicted octanol–water partition coefficient (Wildman–Crippen LogP) is 2.61. The number of imidazole rings is 1. The summed E-state index contributed by atoms with van der Waals surface area (Å²) in [5.74, 6) is -0.325. The van der Waals surface area contributed by atoms with Crippen LogP contribution in [0.2, 0.25) is 0 Å². The first-order valence-electron chi connectivity index (χ1n) is 12.5. The molecule has 1 aromatic carbocycles. The van der Waals surface area contributed by atoms with E-state index in [9.17, 15) is 14.4 Å². The number of amides is 2. The summed E-state index contributed by atoms with van der Waals surface area (Å²) in [6, 6.07) is 8.51. The quantitative estimate of drug-likeness (QED) is 0.426. The molecule has 0 aliphatic carbocycles. The number of nitrogens with one attached hydrogen (secondary N) is 2. The fourth-order valence-corrected chi connectivity index (χ4v) is 4.42. The Hall–Kier alpha value is -4.06. The first kappa shape index (κ1) is 27.0. The smallest absolute Gasteiger partial charge is 0.407 e. The molecule has 202 valence electrons. The lowest BCUT2D eigenvalue weighted by Gasteiger charge is -2.23. The summed E-state index contributed by atoms with van der Waals surface area (Å²) >= 11 is 0. The molecule has 2 N–H and O–H groups in total. The lowest BCUT2D eigenvalue weighted by Crippen LogP contribution is -2.41. The second kappa shape index (κ2) is 11.5. The Kier molecular flexibility index (Phi) is 8.20. The molecule has 1 aliphatic heterocycles. The van der Waals surface area contributed by atoms with Crippen LogP contribution in [0.1, 0.15) is 44.5 Å². The zero-order chi connectivity index (χ0) is 27.3. The van der Waals surface area contributed by atoms with E-state index in [1.807, 2.05) is 15.5 Å². The van der Waals surface area contributed by atoms with Crippen molar-refractivity contribution in [2.24, 2.45) is 0 Å². The second-order valence-electron chi connectivity index (χ2n) is 10.1. The minimum atomic E-state index is -0.615. The van der Waals surface area contributed by atoms with Gasteiger partial charge in [-0.15, -0.1) is 0 Å². The van der Waals surface area contributed by atoms with Gasteiger partial charge in [-0.2, -0.15) is 0 Å². The van der Waals surface area contributed by atoms with Crippen LogP contribution in [0.15, 0.2) is 43.0 Å². The van der Waals surface area contributed by atoms with Gasteiger partial charge in [-0.05, 0) is 46.2 Å². The van der Waals surface area contributed by atoms with Gasteiger partial charge in [0.2, 0.25) is 0 Å². The van der Waals surface area contributed by atoms with Gasteiger partial charge in [-0.1, -0.05) is 18.2 Å². The maximum absolute atomic E-state index is 12.7. The van der Waals surface area contributed by atoms with Crippen molar-refractivity contribution in [3.05, 3.63) is 48.5 Å². The maximum Gasteiger partial charge on any atom is 0.407 e. The third-order valence-electron chi connectivity index (χ3n) is 5.96. The van der Waals surface area contributed by atoms with Crippen LogP contribution in [0, 0.1) is 0 Å². The number of alkyl carbamates (subject to hydrolysis) is 1. The molecule has 4 rings (SSSR count). The molecule has 3 heterocycles. The number of benzene rings is 1. The molecule has 1 aliphatic rings. The number of carbonyl (C=O) groups is 3. The molecule has 0 unspecified atom stereocenters. The molecular formula is C26H33N7O5. The highest BCUT2D eigenvalue weighted by molar-refractivity contribution is 6.06. The number of hydrogen-bond donors (Lipinski definition) is 2. The third kappa shape index (κ3) is 6.82. The van der Waals surface area contributed by atoms with E-state index in [2.05, 4.69) is 25.6 Å². The molecule has 38 heavy (non-hydrogen) atoms. The molecule has 2 aromatic heterocycles. The van der Waals surface area contributed by atoms with Crippen molar-refractivity contribution in [3.8, 4) is 0 Å². The van der Waals surface area contributed by atoms with Crippen LogP contribution in [0.4, 0.5) is 10.6 Å². The van der Waals surface area contributed by atoms with Crippen molar-refractivity contribution in [1.82, 2.24) is 29.7 Å². The van der Waals surface area contributed by atoms with Crippen LogP contribution >= 0.6 is 0 Å². The minimum absolute atomic E-state index is 0.0883. The average Bonchev–Trinajstić information content (AvgIpc) is 3.43. The van der Waals surface area contributed by atoms with Crippen molar-refractivity contribution in [2.75, 3.05) is 25.0 Å². The van der Waals surface area contributed by atoms with Gasteiger partial charge in [0.15, 0.2) is 17.0 Å². The van der Waals surface area contributed by atoms with E-state index in [1.165, 1.54) is 6.33 Å². The number of fused-ring (bicyclic) bond motifs is 1. The summed E-state index contributed by atoms with van der Waals surface area (Å²) in [6.07, 6.45) is 3.09. The lowest BCUT2D eigenvalue weighted by atomic mass is 10.1. The molecule has 0 saturated carbocycles. The monoisotopic (exact) mass is 523 g/mol. The molecule has 0 spiro atoms. The average molecular weight is 524 g/mol. The summed E-state index contributed by atoms with van der Waals surface area (Å²) in [5, 5.41) is 5.72. The summed E-state index contributed by atoms with van der Waals surface area (Å²) in [5.41, 5.74) is 0.886. The van der Waals surface area contributed by atoms with E-state index in [0.29, 0.717) is 42.1 Å². The number of anilines is 1. The normalized spacial score (nSPS) is 17.8. The van der Waals surface area contributed by atoms with Crippen LogP contribution < -0.4 is 10.6 Å². The number of carbonyl (C=O) groups excluding carboxylic acids is 3. The van der Waals surface area contributed by atoms with Crippen LogP contribution in [-0.2, 0) is 20.8 Å². The summed E-state index contributed by atoms with van der Waals surface area (Å²) in [4.78, 5) is 52.3. The maximum atomic E-state index is 12.7.